The molecule has 0 N–H and O–H groups in total. The predicted octanol–water partition coefficient (Wildman–Crippen LogP) is -1.93. The van der Waals surface area contributed by atoms with Crippen molar-refractivity contribution in [3.05, 3.63) is 0 Å². The Kier molecular flexibility index (Phi) is 6.27. The van der Waals surface area contributed by atoms with Gasteiger partial charge in [0, 0.05) is 57.3 Å². The maximum absolute atomic E-state index is 4.96. The summed E-state index contributed by atoms with van der Waals surface area (Å²) in [6, 6.07) is 0. The van der Waals surface area contributed by atoms with Crippen molar-refractivity contribution < 1.29 is 0 Å². The number of hydrogen-bond acceptors (Lipinski definition) is 2. The van der Waals surface area contributed by atoms with Gasteiger partial charge in [0.2, 0.25) is 0 Å². The monoisotopic (exact) mass is 164 g/mol. The lowest BCUT2D eigenvalue weighted by molar-refractivity contribution is 0.553. The molecule has 0 aliphatic carbocycles. The summed E-state index contributed by atoms with van der Waals surface area (Å²) >= 11 is 0. The van der Waals surface area contributed by atoms with Crippen molar-refractivity contribution in [3.8, 4) is 0 Å². The highest BCUT2D eigenvalue weighted by Gasteiger charge is 2.04. The summed E-state index contributed by atoms with van der Waals surface area (Å²) in [5, 5.41) is 0. The number of rotatable bonds is 1. The van der Waals surface area contributed by atoms with Crippen molar-refractivity contribution in [2.45, 2.75) is 6.92 Å². The van der Waals surface area contributed by atoms with Gasteiger partial charge in [-0.2, -0.15) is 0 Å². The third-order valence-electron chi connectivity index (χ3n) is 1.77. The Balaban J connectivity index is 0.000000226. The Hall–Kier alpha value is -0.140. The lowest BCUT2D eigenvalue weighted by atomic mass is 8.81. The normalized spacial score (nSPS) is 14.3. The molecule has 0 saturated heterocycles. The van der Waals surface area contributed by atoms with Gasteiger partial charge in [-0.25, -0.2) is 0 Å². The lowest BCUT2D eigenvalue weighted by Crippen LogP contribution is -2.38. The van der Waals surface area contributed by atoms with Crippen LogP contribution in [-0.2, 0) is 0 Å². The number of likely N-dealkylation sites (N-methyl/N-ethyl adjacent to an activating group) is 1. The maximum Gasteiger partial charge on any atom is 0.0956 e. The molecule has 0 amide bonds. The molecule has 0 aromatic carbocycles. The van der Waals surface area contributed by atoms with Gasteiger partial charge in [-0.05, 0) is 6.92 Å². The van der Waals surface area contributed by atoms with E-state index in [1.165, 1.54) is 5.84 Å². The van der Waals surface area contributed by atoms with Crippen molar-refractivity contribution in [2.75, 3.05) is 20.1 Å². The molecule has 58 valence electrons. The minimum absolute atomic E-state index is 0.593. The zero-order chi connectivity index (χ0) is 10.4. The van der Waals surface area contributed by atoms with E-state index in [1.807, 2.05) is 6.92 Å². The fourth-order valence-electron chi connectivity index (χ4n) is 0.644. The van der Waals surface area contributed by atoms with Gasteiger partial charge in [0.05, 0.1) is 12.4 Å². The largest absolute Gasteiger partial charge is 0.362 e. The van der Waals surface area contributed by atoms with Gasteiger partial charge in [0.1, 0.15) is 0 Å². The van der Waals surface area contributed by atoms with E-state index in [1.54, 1.807) is 0 Å². The van der Waals surface area contributed by atoms with Crippen LogP contribution in [0.4, 0.5) is 0 Å². The highest BCUT2D eigenvalue weighted by atomic mass is 15.2. The van der Waals surface area contributed by atoms with Gasteiger partial charge in [0.15, 0.2) is 0 Å². The van der Waals surface area contributed by atoms with Crippen LogP contribution in [0.25, 0.3) is 0 Å². The number of amidine groups is 1. The summed E-state index contributed by atoms with van der Waals surface area (Å²) in [6.07, 6.45) is -1.19. The second-order valence-corrected chi connectivity index (χ2v) is 3.01. The Morgan fingerprint density at radius 1 is 1.23 bits per heavy atom. The minimum atomic E-state index is -0.593. The van der Waals surface area contributed by atoms with E-state index in [4.69, 9.17) is 30.9 Å². The first-order valence-corrected chi connectivity index (χ1v) is 4.19. The average molecular weight is 163 g/mol. The Morgan fingerprint density at radius 2 is 1.69 bits per heavy atom. The van der Waals surface area contributed by atoms with Crippen LogP contribution in [-0.4, -0.2) is 74.6 Å². The summed E-state index contributed by atoms with van der Waals surface area (Å²) in [6.45, 7) is 4.13. The van der Waals surface area contributed by atoms with Gasteiger partial charge < -0.3 is 4.90 Å². The van der Waals surface area contributed by atoms with Crippen LogP contribution in [0.15, 0.2) is 4.99 Å². The van der Waals surface area contributed by atoms with E-state index >= 15 is 0 Å². The molecule has 0 aromatic rings. The SMILES string of the molecule is CC1=NCCN1C.[B]B([B])B([B])[B]. The molecule has 0 spiro atoms. The highest BCUT2D eigenvalue weighted by molar-refractivity contribution is 7.76. The maximum atomic E-state index is 4.96. The molecule has 1 aliphatic rings. The third-order valence-corrected chi connectivity index (χ3v) is 1.77. The molecule has 2 nitrogen and oxygen atoms in total. The van der Waals surface area contributed by atoms with Gasteiger partial charge in [-0.3, -0.25) is 4.99 Å². The molecular weight excluding hydrogens is 153 g/mol. The summed E-state index contributed by atoms with van der Waals surface area (Å²) < 4.78 is 0. The topological polar surface area (TPSA) is 15.6 Å². The number of nitrogens with zero attached hydrogens (tertiary/aromatic N) is 2. The molecule has 0 atom stereocenters. The smallest absolute Gasteiger partial charge is 0.0956 e. The van der Waals surface area contributed by atoms with E-state index in [-0.39, 0.29) is 0 Å². The van der Waals surface area contributed by atoms with Crippen LogP contribution in [0.5, 0.6) is 0 Å². The molecule has 0 unspecified atom stereocenters. The first-order valence-electron chi connectivity index (χ1n) is 4.19. The van der Waals surface area contributed by atoms with Crippen LogP contribution in [0.3, 0.4) is 0 Å². The van der Waals surface area contributed by atoms with E-state index in [0.717, 1.165) is 13.1 Å². The van der Waals surface area contributed by atoms with Crippen molar-refractivity contribution >= 4 is 49.6 Å². The first-order chi connectivity index (χ1) is 5.95. The van der Waals surface area contributed by atoms with E-state index in [0.29, 0.717) is 0 Å². The van der Waals surface area contributed by atoms with Gasteiger partial charge in [-0.15, -0.1) is 0 Å². The molecule has 13 heavy (non-hydrogen) atoms. The van der Waals surface area contributed by atoms with Crippen LogP contribution >= 0.6 is 0 Å². The van der Waals surface area contributed by atoms with Crippen molar-refractivity contribution in [1.29, 1.82) is 0 Å². The zero-order valence-electron chi connectivity index (χ0n) is 8.27. The molecule has 1 aliphatic heterocycles. The summed E-state index contributed by atoms with van der Waals surface area (Å²) in [4.78, 5) is 6.31. The van der Waals surface area contributed by atoms with E-state index < -0.39 is 12.8 Å². The molecule has 0 bridgehead atoms. The quantitative estimate of drug-likeness (QED) is 0.411. The van der Waals surface area contributed by atoms with E-state index in [2.05, 4.69) is 16.9 Å². The molecular formula is C5H10B6N2. The van der Waals surface area contributed by atoms with Gasteiger partial charge in [0.25, 0.3) is 0 Å². The highest BCUT2D eigenvalue weighted by Crippen LogP contribution is 1.94. The number of hydrogen-bond donors (Lipinski definition) is 0. The second-order valence-electron chi connectivity index (χ2n) is 3.01. The zero-order valence-corrected chi connectivity index (χ0v) is 8.27. The standard InChI is InChI=1S/C5H10N2.B6/c1-5-6-3-4-7(5)2;1-5(2)6(3)4/h3-4H2,1-2H3;. The Labute approximate surface area is 87.0 Å². The Bertz CT molecular complexity index is 164. The van der Waals surface area contributed by atoms with Crippen molar-refractivity contribution in [3.63, 3.8) is 0 Å². The Morgan fingerprint density at radius 3 is 1.77 bits per heavy atom. The molecule has 0 saturated carbocycles. The average Bonchev–Trinajstić information content (AvgIpc) is 2.37. The lowest BCUT2D eigenvalue weighted by Gasteiger charge is -2.07. The van der Waals surface area contributed by atoms with Crippen LogP contribution in [0, 0.1) is 0 Å². The summed E-state index contributed by atoms with van der Waals surface area (Å²) in [7, 11) is 21.9. The van der Waals surface area contributed by atoms with Crippen LogP contribution in [0.2, 0.25) is 0 Å². The summed E-state index contributed by atoms with van der Waals surface area (Å²) in [5.74, 6) is 1.17. The molecule has 1 heterocycles. The summed E-state index contributed by atoms with van der Waals surface area (Å²) in [5.41, 5.74) is 0. The molecule has 8 heteroatoms. The fourth-order valence-corrected chi connectivity index (χ4v) is 0.644. The van der Waals surface area contributed by atoms with Crippen molar-refractivity contribution in [2.24, 2.45) is 4.99 Å². The van der Waals surface area contributed by atoms with Gasteiger partial charge >= 0.3 is 0 Å². The molecule has 8 radical (unpaired) electrons. The van der Waals surface area contributed by atoms with Crippen LogP contribution < -0.4 is 0 Å². The number of aliphatic imine (C=N–C) groups is 1. The first kappa shape index (κ1) is 12.9. The van der Waals surface area contributed by atoms with Gasteiger partial charge in [-0.1, -0.05) is 0 Å². The van der Waals surface area contributed by atoms with E-state index in [9.17, 15) is 0 Å². The van der Waals surface area contributed by atoms with Crippen LogP contribution in [0.1, 0.15) is 6.92 Å². The van der Waals surface area contributed by atoms with Crippen molar-refractivity contribution in [1.82, 2.24) is 4.90 Å². The molecule has 1 rings (SSSR count). The second kappa shape index (κ2) is 6.33. The predicted molar refractivity (Wildman–Crippen MR) is 65.1 cm³/mol. The molecule has 0 aromatic heterocycles. The third kappa shape index (κ3) is 6.00. The molecule has 0 fully saturated rings. The minimum Gasteiger partial charge on any atom is -0.362 e. The fraction of sp³-hybridized carbons (Fsp3) is 0.800.